The van der Waals surface area contributed by atoms with Crippen LogP contribution >= 0.6 is 0 Å². The number of unbranched alkanes of at least 4 members (excludes halogenated alkanes) is 23. The fourth-order valence-electron chi connectivity index (χ4n) is 6.78. The van der Waals surface area contributed by atoms with E-state index in [1.54, 1.807) is 0 Å². The molecule has 0 aliphatic carbocycles. The van der Waals surface area contributed by atoms with E-state index in [0.29, 0.717) is 19.3 Å². The van der Waals surface area contributed by atoms with Crippen LogP contribution in [-0.4, -0.2) is 37.2 Å². The molecule has 0 aromatic carbocycles. The largest absolute Gasteiger partial charge is 0.462 e. The van der Waals surface area contributed by atoms with Crippen molar-refractivity contribution in [1.29, 1.82) is 0 Å². The van der Waals surface area contributed by atoms with Crippen LogP contribution < -0.4 is 0 Å². The second-order valence-corrected chi connectivity index (χ2v) is 16.3. The van der Waals surface area contributed by atoms with E-state index < -0.39 is 6.10 Å². The molecule has 0 aliphatic heterocycles. The van der Waals surface area contributed by atoms with Crippen LogP contribution in [0.25, 0.3) is 0 Å². The van der Waals surface area contributed by atoms with E-state index in [4.69, 9.17) is 14.2 Å². The molecular weight excluding hydrogens is 733 g/mol. The molecule has 1 unspecified atom stereocenters. The van der Waals surface area contributed by atoms with Gasteiger partial charge in [-0.15, -0.1) is 0 Å². The standard InChI is InChI=1S/C53H92O6/c1-4-7-10-13-15-17-19-21-22-23-24-25-26-27-28-29-30-32-33-35-37-40-43-46-52(55)58-49-50(48-57-51(54)45-42-39-12-9-6-3)59-53(56)47-44-41-38-36-34-31-20-18-16-14-11-8-5-2/h7,10,15,17-18,20-22,24-25,50H,4-6,8-9,11-14,16,19,23,26-49H2,1-3H3/b10-7-,17-15-,20-18-,22-21-,25-24-. The molecule has 0 N–H and O–H groups in total. The van der Waals surface area contributed by atoms with Crippen LogP contribution in [0.1, 0.15) is 239 Å². The summed E-state index contributed by atoms with van der Waals surface area (Å²) in [5.41, 5.74) is 0. The molecule has 1 atom stereocenters. The third-order valence-corrected chi connectivity index (χ3v) is 10.5. The highest BCUT2D eigenvalue weighted by Gasteiger charge is 2.19. The molecule has 0 amide bonds. The van der Waals surface area contributed by atoms with E-state index in [0.717, 1.165) is 103 Å². The quantitative estimate of drug-likeness (QED) is 0.0263. The molecule has 0 radical (unpaired) electrons. The van der Waals surface area contributed by atoms with Gasteiger partial charge in [0.15, 0.2) is 6.10 Å². The van der Waals surface area contributed by atoms with Gasteiger partial charge in [-0.25, -0.2) is 0 Å². The van der Waals surface area contributed by atoms with E-state index in [9.17, 15) is 14.4 Å². The minimum atomic E-state index is -0.774. The molecule has 0 aromatic heterocycles. The van der Waals surface area contributed by atoms with Gasteiger partial charge in [-0.3, -0.25) is 14.4 Å². The second-order valence-electron chi connectivity index (χ2n) is 16.3. The van der Waals surface area contributed by atoms with Crippen LogP contribution in [0.2, 0.25) is 0 Å². The summed E-state index contributed by atoms with van der Waals surface area (Å²) in [6.07, 6.45) is 58.1. The van der Waals surface area contributed by atoms with E-state index in [-0.39, 0.29) is 31.1 Å². The second kappa shape index (κ2) is 47.8. The Morgan fingerprint density at radius 1 is 0.356 bits per heavy atom. The molecule has 0 saturated heterocycles. The number of carbonyl (C=O) groups is 3. The Morgan fingerprint density at radius 3 is 1.07 bits per heavy atom. The van der Waals surface area contributed by atoms with Gasteiger partial charge >= 0.3 is 17.9 Å². The lowest BCUT2D eigenvalue weighted by molar-refractivity contribution is -0.167. The van der Waals surface area contributed by atoms with Gasteiger partial charge in [-0.1, -0.05) is 197 Å². The number of hydrogen-bond donors (Lipinski definition) is 0. The van der Waals surface area contributed by atoms with Crippen LogP contribution in [0, 0.1) is 0 Å². The Bertz CT molecular complexity index is 1090. The Kier molecular flexibility index (Phi) is 45.4. The van der Waals surface area contributed by atoms with Crippen molar-refractivity contribution >= 4 is 17.9 Å². The van der Waals surface area contributed by atoms with Crippen molar-refractivity contribution in [2.24, 2.45) is 0 Å². The summed E-state index contributed by atoms with van der Waals surface area (Å²) in [6.45, 7) is 6.41. The van der Waals surface area contributed by atoms with Crippen molar-refractivity contribution in [3.63, 3.8) is 0 Å². The first-order chi connectivity index (χ1) is 29.0. The third kappa shape index (κ3) is 46.0. The summed E-state index contributed by atoms with van der Waals surface area (Å²) in [6, 6.07) is 0. The molecular formula is C53H92O6. The van der Waals surface area contributed by atoms with Crippen molar-refractivity contribution in [2.45, 2.75) is 245 Å². The average Bonchev–Trinajstić information content (AvgIpc) is 3.23. The van der Waals surface area contributed by atoms with Crippen LogP contribution in [0.5, 0.6) is 0 Å². The number of allylic oxidation sites excluding steroid dienone is 10. The smallest absolute Gasteiger partial charge is 0.306 e. The van der Waals surface area contributed by atoms with E-state index in [2.05, 4.69) is 81.5 Å². The van der Waals surface area contributed by atoms with Gasteiger partial charge < -0.3 is 14.2 Å². The SMILES string of the molecule is CC/C=C\C/C=C\C/C=C\C/C=C\CCCCCCCCCCCCC(=O)OCC(COC(=O)CCCCCCC)OC(=O)CCCCCCC/C=C\CCCCCC. The van der Waals surface area contributed by atoms with Gasteiger partial charge in [0.1, 0.15) is 13.2 Å². The molecule has 0 aromatic rings. The zero-order valence-corrected chi connectivity index (χ0v) is 38.8. The fraction of sp³-hybridized carbons (Fsp3) is 0.755. The van der Waals surface area contributed by atoms with Crippen LogP contribution in [0.4, 0.5) is 0 Å². The van der Waals surface area contributed by atoms with Crippen molar-refractivity contribution in [3.05, 3.63) is 60.8 Å². The maximum atomic E-state index is 12.7. The van der Waals surface area contributed by atoms with Gasteiger partial charge in [0.05, 0.1) is 0 Å². The van der Waals surface area contributed by atoms with Gasteiger partial charge in [0.2, 0.25) is 0 Å². The average molecular weight is 825 g/mol. The summed E-state index contributed by atoms with van der Waals surface area (Å²) < 4.78 is 16.6. The van der Waals surface area contributed by atoms with Crippen molar-refractivity contribution in [3.8, 4) is 0 Å². The monoisotopic (exact) mass is 825 g/mol. The zero-order valence-electron chi connectivity index (χ0n) is 38.8. The molecule has 0 saturated carbocycles. The third-order valence-electron chi connectivity index (χ3n) is 10.5. The van der Waals surface area contributed by atoms with Crippen LogP contribution in [-0.2, 0) is 28.6 Å². The number of hydrogen-bond acceptors (Lipinski definition) is 6. The predicted octanol–water partition coefficient (Wildman–Crippen LogP) is 16.1. The van der Waals surface area contributed by atoms with Gasteiger partial charge in [-0.05, 0) is 83.5 Å². The number of ether oxygens (including phenoxy) is 3. The molecule has 6 nitrogen and oxygen atoms in total. The molecule has 0 heterocycles. The molecule has 0 spiro atoms. The highest BCUT2D eigenvalue weighted by Crippen LogP contribution is 2.14. The summed E-state index contributed by atoms with van der Waals surface area (Å²) in [7, 11) is 0. The first-order valence-electron chi connectivity index (χ1n) is 24.8. The van der Waals surface area contributed by atoms with Crippen molar-refractivity contribution in [2.75, 3.05) is 13.2 Å². The number of rotatable bonds is 44. The van der Waals surface area contributed by atoms with Crippen LogP contribution in [0.15, 0.2) is 60.8 Å². The van der Waals surface area contributed by atoms with Crippen molar-refractivity contribution in [1.82, 2.24) is 0 Å². The van der Waals surface area contributed by atoms with E-state index in [1.165, 1.54) is 96.3 Å². The lowest BCUT2D eigenvalue weighted by Crippen LogP contribution is -2.30. The summed E-state index contributed by atoms with van der Waals surface area (Å²) >= 11 is 0. The minimum Gasteiger partial charge on any atom is -0.462 e. The number of esters is 3. The normalized spacial score (nSPS) is 12.5. The van der Waals surface area contributed by atoms with Gasteiger partial charge in [0, 0.05) is 19.3 Å². The molecule has 0 aliphatic rings. The lowest BCUT2D eigenvalue weighted by Gasteiger charge is -2.18. The first kappa shape index (κ1) is 56.1. The lowest BCUT2D eigenvalue weighted by atomic mass is 10.1. The molecule has 0 rings (SSSR count). The fourth-order valence-corrected chi connectivity index (χ4v) is 6.78. The highest BCUT2D eigenvalue weighted by atomic mass is 16.6. The topological polar surface area (TPSA) is 78.9 Å². The summed E-state index contributed by atoms with van der Waals surface area (Å²) in [5.74, 6) is -0.905. The Hall–Kier alpha value is -2.89. The molecule has 0 bridgehead atoms. The Balaban J connectivity index is 4.13. The Labute approximate surface area is 364 Å². The van der Waals surface area contributed by atoms with Crippen LogP contribution in [0.3, 0.4) is 0 Å². The maximum absolute atomic E-state index is 12.7. The minimum absolute atomic E-state index is 0.0791. The predicted molar refractivity (Wildman–Crippen MR) is 251 cm³/mol. The maximum Gasteiger partial charge on any atom is 0.306 e. The van der Waals surface area contributed by atoms with Gasteiger partial charge in [-0.2, -0.15) is 0 Å². The van der Waals surface area contributed by atoms with E-state index in [1.807, 2.05) is 0 Å². The molecule has 6 heteroatoms. The Morgan fingerprint density at radius 2 is 0.661 bits per heavy atom. The molecule has 59 heavy (non-hydrogen) atoms. The first-order valence-corrected chi connectivity index (χ1v) is 24.8. The molecule has 0 fully saturated rings. The van der Waals surface area contributed by atoms with E-state index >= 15 is 0 Å². The highest BCUT2D eigenvalue weighted by molar-refractivity contribution is 5.71. The van der Waals surface area contributed by atoms with Crippen molar-refractivity contribution < 1.29 is 28.6 Å². The number of carbonyl (C=O) groups excluding carboxylic acids is 3. The summed E-state index contributed by atoms with van der Waals surface area (Å²) in [5, 5.41) is 0. The summed E-state index contributed by atoms with van der Waals surface area (Å²) in [4.78, 5) is 37.6. The zero-order chi connectivity index (χ0) is 43.0. The van der Waals surface area contributed by atoms with Gasteiger partial charge in [0.25, 0.3) is 0 Å². The molecule has 340 valence electrons.